The van der Waals surface area contributed by atoms with Gasteiger partial charge in [0.2, 0.25) is 0 Å². The smallest absolute Gasteiger partial charge is 0.197 e. The predicted octanol–water partition coefficient (Wildman–Crippen LogP) is 17.7. The van der Waals surface area contributed by atoms with Gasteiger partial charge in [-0.15, -0.1) is 0 Å². The second-order valence-electron chi connectivity index (χ2n) is 19.1. The van der Waals surface area contributed by atoms with E-state index in [-0.39, 0.29) is 11.6 Å². The lowest BCUT2D eigenvalue weighted by molar-refractivity contribution is -0.146. The molecule has 1 fully saturated rings. The van der Waals surface area contributed by atoms with Crippen molar-refractivity contribution in [3.05, 3.63) is 70.4 Å². The van der Waals surface area contributed by atoms with E-state index < -0.39 is 11.8 Å². The molecule has 0 amide bonds. The summed E-state index contributed by atoms with van der Waals surface area (Å²) in [5.74, 6) is 0.496. The number of rotatable bonds is 36. The summed E-state index contributed by atoms with van der Waals surface area (Å²) in [7, 11) is 0. The first-order valence-corrected chi connectivity index (χ1v) is 27.2. The molecule has 2 aromatic carbocycles. The largest absolute Gasteiger partial charge is 0.439 e. The van der Waals surface area contributed by atoms with E-state index in [4.69, 9.17) is 32.7 Å². The Morgan fingerprint density at radius 3 is 0.969 bits per heavy atom. The van der Waals surface area contributed by atoms with E-state index in [0.717, 1.165) is 50.1 Å². The fourth-order valence-corrected chi connectivity index (χ4v) is 10.0. The third kappa shape index (κ3) is 17.4. The zero-order valence-electron chi connectivity index (χ0n) is 40.1. The minimum atomic E-state index is -0.859. The van der Waals surface area contributed by atoms with Crippen molar-refractivity contribution in [3.63, 3.8) is 0 Å². The Bertz CT molecular complexity index is 1600. The van der Waals surface area contributed by atoms with Crippen molar-refractivity contribution in [1.29, 1.82) is 0 Å². The van der Waals surface area contributed by atoms with Crippen LogP contribution in [0.4, 0.5) is 11.4 Å². The molecule has 5 rings (SSSR count). The summed E-state index contributed by atoms with van der Waals surface area (Å²) < 4.78 is 12.6. The summed E-state index contributed by atoms with van der Waals surface area (Å²) in [4.78, 5) is 31.7. The number of carbonyl (C=O) groups is 2. The number of allylic oxidation sites excluding steroid dienone is 2. The van der Waals surface area contributed by atoms with Gasteiger partial charge in [-0.3, -0.25) is 9.59 Å². The Hall–Kier alpha value is -2.96. The van der Waals surface area contributed by atoms with Crippen molar-refractivity contribution in [3.8, 4) is 11.5 Å². The quantitative estimate of drug-likeness (QED) is 0.0501. The minimum absolute atomic E-state index is 0.134. The first kappa shape index (κ1) is 52.0. The molecule has 8 heteroatoms. The van der Waals surface area contributed by atoms with E-state index in [0.29, 0.717) is 33.3 Å². The first-order chi connectivity index (χ1) is 31.4. The van der Waals surface area contributed by atoms with Crippen molar-refractivity contribution in [2.24, 2.45) is 11.8 Å². The maximum absolute atomic E-state index is 13.7. The second kappa shape index (κ2) is 30.4. The standard InChI is InChI=1S/C56H84Cl2N2O4/c1-3-5-7-9-11-13-15-17-19-21-23-25-27-29-31-33-39-59-49-41-45(57)35-37-51(49)63-53(59)43-47-55(61)48(56(47)62)44-54-60(50-42-46(58)36-38-52(50)64-54)40-34-32-30-28-26-24-22-20-18-16-14-12-10-8-6-4-2/h35-38,41-44,47-48H,3-34,39-40H2,1-2H3/b53-43-,54-44-. The van der Waals surface area contributed by atoms with Crippen LogP contribution in [0.15, 0.2) is 60.3 Å². The molecule has 6 nitrogen and oxygen atoms in total. The number of fused-ring (bicyclic) bond motifs is 2. The molecule has 0 unspecified atom stereocenters. The van der Waals surface area contributed by atoms with Gasteiger partial charge in [0.1, 0.15) is 11.8 Å². The molecule has 0 bridgehead atoms. The molecule has 0 aromatic heterocycles. The zero-order chi connectivity index (χ0) is 45.2. The predicted molar refractivity (Wildman–Crippen MR) is 271 cm³/mol. The number of benzene rings is 2. The van der Waals surface area contributed by atoms with Gasteiger partial charge in [-0.25, -0.2) is 0 Å². The molecule has 0 spiro atoms. The summed E-state index contributed by atoms with van der Waals surface area (Å²) >= 11 is 12.9. The lowest BCUT2D eigenvalue weighted by atomic mass is 9.71. The summed E-state index contributed by atoms with van der Waals surface area (Å²) in [6, 6.07) is 11.2. The monoisotopic (exact) mass is 919 g/mol. The molecule has 0 saturated heterocycles. The third-order valence-electron chi connectivity index (χ3n) is 13.7. The second-order valence-corrected chi connectivity index (χ2v) is 20.0. The molecular weight excluding hydrogens is 836 g/mol. The van der Waals surface area contributed by atoms with Crippen molar-refractivity contribution in [2.75, 3.05) is 22.9 Å². The molecule has 356 valence electrons. The molecule has 2 aromatic rings. The number of carbonyl (C=O) groups excluding carboxylic acids is 2. The Balaban J connectivity index is 1.03. The molecule has 2 aliphatic heterocycles. The first-order valence-electron chi connectivity index (χ1n) is 26.4. The van der Waals surface area contributed by atoms with Gasteiger partial charge in [-0.1, -0.05) is 230 Å². The number of Topliss-reactive ketones (excluding diaryl/α,β-unsaturated/α-hetero) is 2. The molecule has 2 heterocycles. The lowest BCUT2D eigenvalue weighted by Gasteiger charge is -2.30. The van der Waals surface area contributed by atoms with Crippen molar-refractivity contribution in [1.82, 2.24) is 0 Å². The number of nitrogens with zero attached hydrogens (tertiary/aromatic N) is 2. The fraction of sp³-hybridized carbons (Fsp3) is 0.679. The molecule has 64 heavy (non-hydrogen) atoms. The van der Waals surface area contributed by atoms with Crippen LogP contribution >= 0.6 is 23.2 Å². The van der Waals surface area contributed by atoms with Gasteiger partial charge in [0, 0.05) is 23.1 Å². The third-order valence-corrected chi connectivity index (χ3v) is 14.2. The van der Waals surface area contributed by atoms with Crippen molar-refractivity contribution >= 4 is 46.1 Å². The van der Waals surface area contributed by atoms with Crippen LogP contribution in [0.2, 0.25) is 10.0 Å². The SMILES string of the molecule is CCCCCCCCCCCCCCCCCCN1/C(=C/C2C(=O)C(/C=C3\Oc4ccc(Cl)cc4N3CCCCCCCCCCCCCCCCCC)C2=O)Oc2ccc(Cl)cc21. The highest BCUT2D eigenvalue weighted by atomic mass is 35.5. The minimum Gasteiger partial charge on any atom is -0.439 e. The van der Waals surface area contributed by atoms with Crippen LogP contribution < -0.4 is 19.3 Å². The van der Waals surface area contributed by atoms with Gasteiger partial charge < -0.3 is 19.3 Å². The highest BCUT2D eigenvalue weighted by Crippen LogP contribution is 2.44. The molecule has 3 aliphatic rings. The van der Waals surface area contributed by atoms with E-state index in [1.165, 1.54) is 180 Å². The maximum atomic E-state index is 13.7. The average Bonchev–Trinajstić information content (AvgIpc) is 3.82. The van der Waals surface area contributed by atoms with Gasteiger partial charge in [-0.2, -0.15) is 0 Å². The van der Waals surface area contributed by atoms with E-state index in [9.17, 15) is 9.59 Å². The van der Waals surface area contributed by atoms with E-state index in [2.05, 4.69) is 23.6 Å². The molecule has 0 atom stereocenters. The Labute approximate surface area is 399 Å². The molecule has 0 radical (unpaired) electrons. The summed E-state index contributed by atoms with van der Waals surface area (Å²) in [5.41, 5.74) is 1.77. The number of unbranched alkanes of at least 4 members (excludes halogenated alkanes) is 30. The van der Waals surface area contributed by atoms with Gasteiger partial charge in [0.15, 0.2) is 34.8 Å². The van der Waals surface area contributed by atoms with Crippen LogP contribution in [-0.2, 0) is 9.59 Å². The highest BCUT2D eigenvalue weighted by Gasteiger charge is 2.48. The number of halogens is 2. The van der Waals surface area contributed by atoms with Crippen LogP contribution in [0.5, 0.6) is 11.5 Å². The van der Waals surface area contributed by atoms with E-state index in [1.807, 2.05) is 36.4 Å². The Morgan fingerprint density at radius 2 is 0.688 bits per heavy atom. The zero-order valence-corrected chi connectivity index (χ0v) is 41.6. The number of hydrogen-bond donors (Lipinski definition) is 0. The van der Waals surface area contributed by atoms with Crippen LogP contribution in [0.3, 0.4) is 0 Å². The topological polar surface area (TPSA) is 59.1 Å². The van der Waals surface area contributed by atoms with E-state index in [1.54, 1.807) is 12.2 Å². The summed E-state index contributed by atoms with van der Waals surface area (Å²) in [6.45, 7) is 6.04. The molecule has 1 saturated carbocycles. The molecule has 1 aliphatic carbocycles. The van der Waals surface area contributed by atoms with Crippen LogP contribution in [0.25, 0.3) is 0 Å². The fourth-order valence-electron chi connectivity index (χ4n) is 9.68. The normalized spacial score (nSPS) is 17.9. The lowest BCUT2D eigenvalue weighted by Crippen LogP contribution is -2.47. The van der Waals surface area contributed by atoms with Gasteiger partial charge in [-0.05, 0) is 61.4 Å². The summed E-state index contributed by atoms with van der Waals surface area (Å²) in [5, 5.41) is 1.26. The van der Waals surface area contributed by atoms with E-state index >= 15 is 0 Å². The van der Waals surface area contributed by atoms with Crippen LogP contribution in [-0.4, -0.2) is 24.7 Å². The summed E-state index contributed by atoms with van der Waals surface area (Å²) in [6.07, 6.45) is 45.7. The number of hydrogen-bond acceptors (Lipinski definition) is 6. The van der Waals surface area contributed by atoms with Crippen molar-refractivity contribution < 1.29 is 19.1 Å². The highest BCUT2D eigenvalue weighted by molar-refractivity contribution is 6.31. The maximum Gasteiger partial charge on any atom is 0.197 e. The Kier molecular flexibility index (Phi) is 24.7. The number of ether oxygens (including phenoxy) is 2. The van der Waals surface area contributed by atoms with Gasteiger partial charge in [0.05, 0.1) is 11.4 Å². The van der Waals surface area contributed by atoms with Crippen LogP contribution in [0, 0.1) is 11.8 Å². The average molecular weight is 920 g/mol. The Morgan fingerprint density at radius 1 is 0.422 bits per heavy atom. The molecule has 0 N–H and O–H groups in total. The van der Waals surface area contributed by atoms with Gasteiger partial charge >= 0.3 is 0 Å². The van der Waals surface area contributed by atoms with Gasteiger partial charge in [0.25, 0.3) is 0 Å². The van der Waals surface area contributed by atoms with Crippen LogP contribution in [0.1, 0.15) is 219 Å². The number of ketones is 2. The molecular formula is C56H84Cl2N2O4. The van der Waals surface area contributed by atoms with Crippen molar-refractivity contribution in [2.45, 2.75) is 219 Å². The number of anilines is 2.